The number of carbonyl (C=O) groups excluding carboxylic acids is 3. The molecule has 0 aliphatic heterocycles. The minimum absolute atomic E-state index is 0.0199. The van der Waals surface area contributed by atoms with Gasteiger partial charge in [-0.1, -0.05) is 11.6 Å². The lowest BCUT2D eigenvalue weighted by Crippen LogP contribution is -2.30. The predicted octanol–water partition coefficient (Wildman–Crippen LogP) is 3.16. The van der Waals surface area contributed by atoms with Gasteiger partial charge in [0.15, 0.2) is 12.4 Å². The first-order chi connectivity index (χ1) is 11.5. The summed E-state index contributed by atoms with van der Waals surface area (Å²) in [6.45, 7) is -0.0733. The van der Waals surface area contributed by atoms with Crippen LogP contribution in [0.2, 0.25) is 4.34 Å². The molecule has 1 amide bonds. The Hall–Kier alpha value is -2.12. The number of ether oxygens (including phenoxy) is 1. The normalized spacial score (nSPS) is 10.4. The molecule has 0 atom stereocenters. The molecule has 2 aromatic rings. The summed E-state index contributed by atoms with van der Waals surface area (Å²) in [4.78, 5) is 37.2. The van der Waals surface area contributed by atoms with Gasteiger partial charge in [-0.2, -0.15) is 0 Å². The zero-order valence-corrected chi connectivity index (χ0v) is 14.6. The number of esters is 1. The minimum atomic E-state index is -0.592. The average molecular weight is 370 g/mol. The fraction of sp³-hybridized carbons (Fsp3) is 0.312. The Kier molecular flexibility index (Phi) is 6.57. The molecule has 128 valence electrons. The van der Waals surface area contributed by atoms with Crippen molar-refractivity contribution in [2.24, 2.45) is 0 Å². The fourth-order valence-electron chi connectivity index (χ4n) is 1.85. The highest BCUT2D eigenvalue weighted by molar-refractivity contribution is 7.18. The van der Waals surface area contributed by atoms with E-state index in [1.165, 1.54) is 22.5 Å². The first kappa shape index (κ1) is 18.2. The highest BCUT2D eigenvalue weighted by Crippen LogP contribution is 2.22. The first-order valence-corrected chi connectivity index (χ1v) is 8.35. The highest BCUT2D eigenvalue weighted by atomic mass is 35.5. The Bertz CT molecular complexity index is 710. The van der Waals surface area contributed by atoms with Crippen LogP contribution in [-0.4, -0.2) is 36.2 Å². The van der Waals surface area contributed by atoms with Crippen molar-refractivity contribution in [1.29, 1.82) is 0 Å². The number of hydrogen-bond donors (Lipinski definition) is 0. The summed E-state index contributed by atoms with van der Waals surface area (Å²) < 4.78 is 10.6. The highest BCUT2D eigenvalue weighted by Gasteiger charge is 2.15. The van der Waals surface area contributed by atoms with Gasteiger partial charge in [-0.25, -0.2) is 0 Å². The zero-order valence-electron chi connectivity index (χ0n) is 13.0. The standard InChI is InChI=1S/C16H16ClNO5S/c1-18(9-11-3-2-8-22-11)15(20)10-23-16(21)7-4-12(19)13-5-6-14(17)24-13/h2-3,5-6,8H,4,7,9-10H2,1H3. The molecule has 0 aliphatic rings. The number of furan rings is 1. The van der Waals surface area contributed by atoms with Crippen molar-refractivity contribution >= 4 is 40.6 Å². The number of amides is 1. The molecule has 6 nitrogen and oxygen atoms in total. The van der Waals surface area contributed by atoms with Crippen molar-refractivity contribution in [1.82, 2.24) is 4.90 Å². The number of Topliss-reactive ketones (excluding diaryl/α,β-unsaturated/α-hetero) is 1. The van der Waals surface area contributed by atoms with Crippen LogP contribution in [0, 0.1) is 0 Å². The molecule has 0 N–H and O–H groups in total. The Morgan fingerprint density at radius 1 is 1.25 bits per heavy atom. The number of carbonyl (C=O) groups is 3. The third kappa shape index (κ3) is 5.50. The van der Waals surface area contributed by atoms with E-state index in [-0.39, 0.29) is 31.1 Å². The molecule has 0 radical (unpaired) electrons. The van der Waals surface area contributed by atoms with E-state index in [9.17, 15) is 14.4 Å². The number of likely N-dealkylation sites (N-methyl/N-ethyl adjacent to an activating group) is 1. The lowest BCUT2D eigenvalue weighted by atomic mass is 10.2. The third-order valence-corrected chi connectivity index (χ3v) is 4.43. The molecule has 0 bridgehead atoms. The molecule has 2 aromatic heterocycles. The lowest BCUT2D eigenvalue weighted by molar-refractivity contribution is -0.151. The van der Waals surface area contributed by atoms with E-state index in [4.69, 9.17) is 20.8 Å². The molecule has 0 aliphatic carbocycles. The molecule has 24 heavy (non-hydrogen) atoms. The molecule has 8 heteroatoms. The van der Waals surface area contributed by atoms with Gasteiger partial charge < -0.3 is 14.1 Å². The van der Waals surface area contributed by atoms with Gasteiger partial charge in [0.1, 0.15) is 5.76 Å². The molecule has 0 saturated carbocycles. The van der Waals surface area contributed by atoms with Crippen molar-refractivity contribution in [3.05, 3.63) is 45.5 Å². The predicted molar refractivity (Wildman–Crippen MR) is 89.0 cm³/mol. The number of halogens is 1. The number of thiophene rings is 1. The Labute approximate surface area is 148 Å². The third-order valence-electron chi connectivity index (χ3n) is 3.16. The summed E-state index contributed by atoms with van der Waals surface area (Å²) in [6, 6.07) is 6.72. The minimum Gasteiger partial charge on any atom is -0.467 e. The van der Waals surface area contributed by atoms with Gasteiger partial charge >= 0.3 is 5.97 Å². The van der Waals surface area contributed by atoms with Gasteiger partial charge in [0.05, 0.1) is 28.4 Å². The number of nitrogens with zero attached hydrogens (tertiary/aromatic N) is 1. The second-order valence-electron chi connectivity index (χ2n) is 5.02. The van der Waals surface area contributed by atoms with Crippen LogP contribution in [0.5, 0.6) is 0 Å². The van der Waals surface area contributed by atoms with E-state index in [0.717, 1.165) is 0 Å². The van der Waals surface area contributed by atoms with Crippen LogP contribution in [-0.2, 0) is 20.9 Å². The van der Waals surface area contributed by atoms with Gasteiger partial charge in [0, 0.05) is 13.5 Å². The Morgan fingerprint density at radius 2 is 2.04 bits per heavy atom. The van der Waals surface area contributed by atoms with Crippen LogP contribution in [0.25, 0.3) is 0 Å². The van der Waals surface area contributed by atoms with Gasteiger partial charge in [-0.3, -0.25) is 14.4 Å². The SMILES string of the molecule is CN(Cc1ccco1)C(=O)COC(=O)CCC(=O)c1ccc(Cl)s1. The second kappa shape index (κ2) is 8.65. The second-order valence-corrected chi connectivity index (χ2v) is 6.73. The Morgan fingerprint density at radius 3 is 2.67 bits per heavy atom. The van der Waals surface area contributed by atoms with Crippen molar-refractivity contribution < 1.29 is 23.5 Å². The molecule has 0 fully saturated rings. The quantitative estimate of drug-likeness (QED) is 0.527. The van der Waals surface area contributed by atoms with Gasteiger partial charge in [-0.15, -0.1) is 11.3 Å². The summed E-state index contributed by atoms with van der Waals surface area (Å²) in [6.07, 6.45) is 1.46. The monoisotopic (exact) mass is 369 g/mol. The molecule has 2 heterocycles. The van der Waals surface area contributed by atoms with Gasteiger partial charge in [-0.05, 0) is 24.3 Å². The van der Waals surface area contributed by atoms with Gasteiger partial charge in [0.25, 0.3) is 5.91 Å². The number of ketones is 1. The van der Waals surface area contributed by atoms with E-state index in [0.29, 0.717) is 21.5 Å². The average Bonchev–Trinajstić information content (AvgIpc) is 3.21. The Balaban J connectivity index is 1.68. The van der Waals surface area contributed by atoms with E-state index >= 15 is 0 Å². The summed E-state index contributed by atoms with van der Waals surface area (Å²) in [5.74, 6) is -0.482. The van der Waals surface area contributed by atoms with Crippen LogP contribution >= 0.6 is 22.9 Å². The zero-order chi connectivity index (χ0) is 17.5. The number of hydrogen-bond acceptors (Lipinski definition) is 6. The number of rotatable bonds is 8. The van der Waals surface area contributed by atoms with Crippen LogP contribution in [0.15, 0.2) is 34.9 Å². The molecular formula is C16H16ClNO5S. The van der Waals surface area contributed by atoms with E-state index < -0.39 is 5.97 Å². The summed E-state index contributed by atoms with van der Waals surface area (Å²) >= 11 is 6.92. The van der Waals surface area contributed by atoms with E-state index in [2.05, 4.69) is 0 Å². The van der Waals surface area contributed by atoms with E-state index in [1.807, 2.05) is 0 Å². The topological polar surface area (TPSA) is 76.8 Å². The molecule has 0 saturated heterocycles. The van der Waals surface area contributed by atoms with Crippen LogP contribution in [0.3, 0.4) is 0 Å². The molecule has 2 rings (SSSR count). The summed E-state index contributed by atoms with van der Waals surface area (Å²) in [7, 11) is 1.59. The first-order valence-electron chi connectivity index (χ1n) is 7.16. The van der Waals surface area contributed by atoms with Gasteiger partial charge in [0.2, 0.25) is 0 Å². The van der Waals surface area contributed by atoms with Crippen LogP contribution in [0.1, 0.15) is 28.3 Å². The molecule has 0 spiro atoms. The molecule has 0 aromatic carbocycles. The lowest BCUT2D eigenvalue weighted by Gasteiger charge is -2.15. The molecule has 0 unspecified atom stereocenters. The van der Waals surface area contributed by atoms with Crippen molar-refractivity contribution in [2.75, 3.05) is 13.7 Å². The van der Waals surface area contributed by atoms with Crippen LogP contribution in [0.4, 0.5) is 0 Å². The summed E-state index contributed by atoms with van der Waals surface area (Å²) in [5, 5.41) is 0. The van der Waals surface area contributed by atoms with Crippen molar-refractivity contribution in [3.63, 3.8) is 0 Å². The molecular weight excluding hydrogens is 354 g/mol. The largest absolute Gasteiger partial charge is 0.467 e. The smallest absolute Gasteiger partial charge is 0.306 e. The van der Waals surface area contributed by atoms with Crippen molar-refractivity contribution in [2.45, 2.75) is 19.4 Å². The van der Waals surface area contributed by atoms with Crippen molar-refractivity contribution in [3.8, 4) is 0 Å². The maximum absolute atomic E-state index is 11.9. The fourth-order valence-corrected chi connectivity index (χ4v) is 2.86. The maximum atomic E-state index is 11.9. The van der Waals surface area contributed by atoms with Crippen LogP contribution < -0.4 is 0 Å². The maximum Gasteiger partial charge on any atom is 0.306 e. The summed E-state index contributed by atoms with van der Waals surface area (Å²) in [5.41, 5.74) is 0. The van der Waals surface area contributed by atoms with E-state index in [1.54, 1.807) is 31.3 Å².